The predicted molar refractivity (Wildman–Crippen MR) is 173 cm³/mol. The molecule has 0 saturated carbocycles. The number of hydrogen-bond donors (Lipinski definition) is 0. The maximum absolute atomic E-state index is 14.1. The van der Waals surface area contributed by atoms with E-state index in [4.69, 9.17) is 25.8 Å². The molecule has 0 aliphatic carbocycles. The summed E-state index contributed by atoms with van der Waals surface area (Å²) in [6.07, 6.45) is 1.72. The summed E-state index contributed by atoms with van der Waals surface area (Å²) in [6.45, 7) is 6.27. The standard InChI is InChI=1S/C32H27ClFIN2O5S/c1-4-40-24-12-8-20(9-13-24)28-27(31(39)41-5-2)18(3)36-32-37(28)30(38)26(43-32)15-21-14-22(33)16-25(35)29(21)42-17-19-6-10-23(34)11-7-19/h6-16,28H,4-5,17H2,1-3H3/b26-15-/t28-/m1/s1. The number of hydrogen-bond acceptors (Lipinski definition) is 7. The minimum atomic E-state index is -0.748. The molecule has 0 unspecified atom stereocenters. The van der Waals surface area contributed by atoms with Crippen LogP contribution in [0.25, 0.3) is 6.08 Å². The van der Waals surface area contributed by atoms with Gasteiger partial charge in [0.1, 0.15) is 23.9 Å². The Morgan fingerprint density at radius 2 is 1.81 bits per heavy atom. The summed E-state index contributed by atoms with van der Waals surface area (Å²) in [7, 11) is 0. The van der Waals surface area contributed by atoms with Crippen molar-refractivity contribution in [3.8, 4) is 11.5 Å². The van der Waals surface area contributed by atoms with Crippen molar-refractivity contribution in [3.63, 3.8) is 0 Å². The lowest BCUT2D eigenvalue weighted by Gasteiger charge is -2.24. The van der Waals surface area contributed by atoms with E-state index >= 15 is 0 Å². The highest BCUT2D eigenvalue weighted by Gasteiger charge is 2.33. The second-order valence-corrected chi connectivity index (χ2v) is 12.1. The van der Waals surface area contributed by atoms with Gasteiger partial charge in [-0.25, -0.2) is 14.2 Å². The Labute approximate surface area is 270 Å². The highest BCUT2D eigenvalue weighted by Crippen LogP contribution is 2.33. The van der Waals surface area contributed by atoms with Crippen molar-refractivity contribution in [2.75, 3.05) is 13.2 Å². The molecule has 4 aromatic rings. The summed E-state index contributed by atoms with van der Waals surface area (Å²) in [5.74, 6) is 0.357. The molecule has 0 saturated heterocycles. The molecule has 0 radical (unpaired) electrons. The van der Waals surface area contributed by atoms with E-state index < -0.39 is 12.0 Å². The third-order valence-corrected chi connectivity index (χ3v) is 8.65. The Balaban J connectivity index is 1.63. The molecule has 0 fully saturated rings. The molecule has 1 aliphatic rings. The molecule has 222 valence electrons. The molecule has 3 aromatic carbocycles. The van der Waals surface area contributed by atoms with Crippen molar-refractivity contribution in [1.82, 2.24) is 4.57 Å². The largest absolute Gasteiger partial charge is 0.494 e. The van der Waals surface area contributed by atoms with Crippen LogP contribution < -0.4 is 24.4 Å². The van der Waals surface area contributed by atoms with Crippen molar-refractivity contribution < 1.29 is 23.4 Å². The highest BCUT2D eigenvalue weighted by molar-refractivity contribution is 14.1. The minimum absolute atomic E-state index is 0.185. The number of allylic oxidation sites excluding steroid dienone is 1. The molecular weight excluding hydrogens is 706 g/mol. The van der Waals surface area contributed by atoms with Crippen molar-refractivity contribution >= 4 is 57.6 Å². The van der Waals surface area contributed by atoms with Gasteiger partial charge in [0.15, 0.2) is 4.80 Å². The van der Waals surface area contributed by atoms with Gasteiger partial charge in [0.05, 0.1) is 38.6 Å². The molecule has 0 amide bonds. The number of carbonyl (C=O) groups is 1. The smallest absolute Gasteiger partial charge is 0.338 e. The van der Waals surface area contributed by atoms with Crippen LogP contribution in [0.2, 0.25) is 5.02 Å². The number of rotatable bonds is 9. The van der Waals surface area contributed by atoms with E-state index in [1.165, 1.54) is 28.0 Å². The Morgan fingerprint density at radius 1 is 1.09 bits per heavy atom. The topological polar surface area (TPSA) is 79.1 Å². The van der Waals surface area contributed by atoms with E-state index in [-0.39, 0.29) is 24.6 Å². The Bertz CT molecular complexity index is 1880. The predicted octanol–water partition coefficient (Wildman–Crippen LogP) is 6.17. The number of benzene rings is 3. The van der Waals surface area contributed by atoms with E-state index in [9.17, 15) is 14.0 Å². The molecule has 1 atom stereocenters. The first-order chi connectivity index (χ1) is 20.7. The van der Waals surface area contributed by atoms with Gasteiger partial charge in [-0.2, -0.15) is 0 Å². The van der Waals surface area contributed by atoms with Crippen LogP contribution in [0.15, 0.2) is 81.7 Å². The van der Waals surface area contributed by atoms with E-state index in [0.29, 0.717) is 54.9 Å². The van der Waals surface area contributed by atoms with Crippen LogP contribution >= 0.6 is 45.5 Å². The highest BCUT2D eigenvalue weighted by atomic mass is 127. The molecule has 1 aliphatic heterocycles. The Hall–Kier alpha value is -3.48. The second kappa shape index (κ2) is 13.4. The fraction of sp³-hybridized carbons (Fsp3) is 0.219. The molecule has 0 N–H and O–H groups in total. The molecule has 0 spiro atoms. The van der Waals surface area contributed by atoms with Crippen LogP contribution in [0.1, 0.15) is 43.5 Å². The van der Waals surface area contributed by atoms with Crippen LogP contribution in [-0.4, -0.2) is 23.8 Å². The zero-order valence-corrected chi connectivity index (χ0v) is 27.3. The third-order valence-electron chi connectivity index (χ3n) is 6.64. The maximum Gasteiger partial charge on any atom is 0.338 e. The maximum atomic E-state index is 14.1. The molecule has 0 bridgehead atoms. The summed E-state index contributed by atoms with van der Waals surface area (Å²) < 4.78 is 33.2. The number of aromatic nitrogens is 1. The van der Waals surface area contributed by atoms with Gasteiger partial charge in [-0.05, 0) is 97.0 Å². The first-order valence-corrected chi connectivity index (χ1v) is 15.8. The third kappa shape index (κ3) is 6.71. The molecule has 2 heterocycles. The van der Waals surface area contributed by atoms with Crippen LogP contribution in [0, 0.1) is 9.39 Å². The van der Waals surface area contributed by atoms with Gasteiger partial charge in [-0.15, -0.1) is 0 Å². The lowest BCUT2D eigenvalue weighted by atomic mass is 9.96. The van der Waals surface area contributed by atoms with Crippen LogP contribution in [0.5, 0.6) is 11.5 Å². The number of thiazole rings is 1. The molecule has 5 rings (SSSR count). The average Bonchev–Trinajstić information content (AvgIpc) is 3.27. The zero-order chi connectivity index (χ0) is 30.7. The Kier molecular flexibility index (Phi) is 9.68. The van der Waals surface area contributed by atoms with Crippen molar-refractivity contribution in [2.45, 2.75) is 33.4 Å². The number of nitrogens with zero attached hydrogens (tertiary/aromatic N) is 2. The molecule has 7 nitrogen and oxygen atoms in total. The monoisotopic (exact) mass is 732 g/mol. The SMILES string of the molecule is CCOC(=O)C1=C(C)N=c2s/c(=C\c3cc(Cl)cc(I)c3OCc3ccc(F)cc3)c(=O)n2[C@@H]1c1ccc(OCC)cc1. The molecule has 11 heteroatoms. The van der Waals surface area contributed by atoms with Gasteiger partial charge in [0.2, 0.25) is 0 Å². The summed E-state index contributed by atoms with van der Waals surface area (Å²) in [5.41, 5.74) is 2.56. The summed E-state index contributed by atoms with van der Waals surface area (Å²) in [5, 5.41) is 0.477. The number of halogens is 3. The van der Waals surface area contributed by atoms with Gasteiger partial charge < -0.3 is 14.2 Å². The van der Waals surface area contributed by atoms with Crippen LogP contribution in [0.4, 0.5) is 4.39 Å². The van der Waals surface area contributed by atoms with E-state index in [0.717, 1.165) is 9.13 Å². The van der Waals surface area contributed by atoms with E-state index in [1.54, 1.807) is 44.2 Å². The minimum Gasteiger partial charge on any atom is -0.494 e. The average molecular weight is 733 g/mol. The number of ether oxygens (including phenoxy) is 3. The van der Waals surface area contributed by atoms with Gasteiger partial charge in [0.25, 0.3) is 5.56 Å². The van der Waals surface area contributed by atoms with Crippen LogP contribution in [0.3, 0.4) is 0 Å². The van der Waals surface area contributed by atoms with Crippen LogP contribution in [-0.2, 0) is 16.1 Å². The fourth-order valence-corrected chi connectivity index (χ4v) is 6.99. The zero-order valence-electron chi connectivity index (χ0n) is 23.5. The first kappa shape index (κ1) is 31.0. The van der Waals surface area contributed by atoms with Crippen molar-refractivity contribution in [3.05, 3.63) is 123 Å². The number of carbonyl (C=O) groups excluding carboxylic acids is 1. The fourth-order valence-electron chi connectivity index (χ4n) is 4.74. The van der Waals surface area contributed by atoms with Gasteiger partial charge >= 0.3 is 5.97 Å². The Morgan fingerprint density at radius 3 is 2.49 bits per heavy atom. The van der Waals surface area contributed by atoms with E-state index in [2.05, 4.69) is 27.6 Å². The number of fused-ring (bicyclic) bond motifs is 1. The van der Waals surface area contributed by atoms with E-state index in [1.807, 2.05) is 31.2 Å². The summed E-state index contributed by atoms with van der Waals surface area (Å²) in [4.78, 5) is 32.3. The molecular formula is C32H27ClFIN2O5S. The lowest BCUT2D eigenvalue weighted by molar-refractivity contribution is -0.139. The first-order valence-electron chi connectivity index (χ1n) is 13.5. The summed E-state index contributed by atoms with van der Waals surface area (Å²) in [6, 6.07) is 16.1. The van der Waals surface area contributed by atoms with Gasteiger partial charge in [-0.1, -0.05) is 47.2 Å². The molecule has 43 heavy (non-hydrogen) atoms. The second-order valence-electron chi connectivity index (χ2n) is 9.53. The number of esters is 1. The van der Waals surface area contributed by atoms with Crippen molar-refractivity contribution in [2.24, 2.45) is 4.99 Å². The summed E-state index contributed by atoms with van der Waals surface area (Å²) >= 11 is 9.76. The normalized spacial score (nSPS) is 14.7. The van der Waals surface area contributed by atoms with Gasteiger partial charge in [-0.3, -0.25) is 9.36 Å². The molecule has 1 aromatic heterocycles. The van der Waals surface area contributed by atoms with Gasteiger partial charge in [0, 0.05) is 10.6 Å². The lowest BCUT2D eigenvalue weighted by Crippen LogP contribution is -2.39. The quantitative estimate of drug-likeness (QED) is 0.152. The van der Waals surface area contributed by atoms with Crippen molar-refractivity contribution in [1.29, 1.82) is 0 Å².